The third-order valence-corrected chi connectivity index (χ3v) is 4.09. The lowest BCUT2D eigenvalue weighted by Gasteiger charge is -2.12. The van der Waals surface area contributed by atoms with Crippen LogP contribution in [0, 0.1) is 0 Å². The van der Waals surface area contributed by atoms with Crippen molar-refractivity contribution < 1.29 is 23.8 Å². The molecule has 2 aromatic rings. The van der Waals surface area contributed by atoms with Crippen molar-refractivity contribution in [3.05, 3.63) is 52.7 Å². The van der Waals surface area contributed by atoms with Crippen LogP contribution >= 0.6 is 11.6 Å². The molecule has 0 aliphatic heterocycles. The van der Waals surface area contributed by atoms with Gasteiger partial charge in [-0.2, -0.15) is 0 Å². The number of rotatable bonds is 9. The van der Waals surface area contributed by atoms with E-state index >= 15 is 0 Å². The Kier molecular flexibility index (Phi) is 8.68. The van der Waals surface area contributed by atoms with E-state index in [2.05, 4.69) is 10.3 Å². The Morgan fingerprint density at radius 2 is 2.00 bits per heavy atom. The lowest BCUT2D eigenvalue weighted by atomic mass is 10.1. The molecule has 0 spiro atoms. The second-order valence-corrected chi connectivity index (χ2v) is 6.72. The molecule has 1 aromatic carbocycles. The first-order valence-corrected chi connectivity index (χ1v) is 9.94. The zero-order chi connectivity index (χ0) is 22.1. The fourth-order valence-electron chi connectivity index (χ4n) is 2.55. The van der Waals surface area contributed by atoms with Gasteiger partial charge in [-0.15, -0.1) is 0 Å². The van der Waals surface area contributed by atoms with Crippen LogP contribution in [0.25, 0.3) is 6.08 Å². The molecule has 1 aromatic heterocycles. The van der Waals surface area contributed by atoms with Crippen molar-refractivity contribution in [1.82, 2.24) is 10.3 Å². The molecular weight excluding hydrogens is 408 g/mol. The van der Waals surface area contributed by atoms with E-state index in [1.807, 2.05) is 13.8 Å². The Bertz CT molecular complexity index is 930. The highest BCUT2D eigenvalue weighted by Crippen LogP contribution is 2.33. The minimum atomic E-state index is -0.563. The molecule has 7 nitrogen and oxygen atoms in total. The number of halogens is 1. The van der Waals surface area contributed by atoms with E-state index in [1.165, 1.54) is 6.92 Å². The summed E-state index contributed by atoms with van der Waals surface area (Å²) < 4.78 is 16.3. The molecule has 30 heavy (non-hydrogen) atoms. The Hall–Kier alpha value is -3.06. The molecule has 2 rings (SSSR count). The van der Waals surface area contributed by atoms with Gasteiger partial charge in [-0.3, -0.25) is 4.79 Å². The van der Waals surface area contributed by atoms with Crippen LogP contribution in [0.2, 0.25) is 5.02 Å². The summed E-state index contributed by atoms with van der Waals surface area (Å²) in [6.45, 7) is 7.60. The van der Waals surface area contributed by atoms with Crippen LogP contribution < -0.4 is 14.8 Å². The van der Waals surface area contributed by atoms with Crippen molar-refractivity contribution >= 4 is 29.6 Å². The van der Waals surface area contributed by atoms with Crippen molar-refractivity contribution in [3.63, 3.8) is 0 Å². The van der Waals surface area contributed by atoms with Gasteiger partial charge in [0.25, 0.3) is 0 Å². The summed E-state index contributed by atoms with van der Waals surface area (Å²) in [5, 5.41) is 3.07. The summed E-state index contributed by atoms with van der Waals surface area (Å²) in [7, 11) is 0. The van der Waals surface area contributed by atoms with Gasteiger partial charge in [0.2, 0.25) is 11.8 Å². The smallest absolute Gasteiger partial charge is 0.343 e. The summed E-state index contributed by atoms with van der Waals surface area (Å²) in [4.78, 5) is 27.8. The van der Waals surface area contributed by atoms with E-state index in [9.17, 15) is 9.59 Å². The van der Waals surface area contributed by atoms with Gasteiger partial charge >= 0.3 is 5.97 Å². The van der Waals surface area contributed by atoms with Crippen LogP contribution in [-0.4, -0.2) is 36.1 Å². The molecule has 0 unspecified atom stereocenters. The predicted molar refractivity (Wildman–Crippen MR) is 115 cm³/mol. The second kappa shape index (κ2) is 11.2. The minimum absolute atomic E-state index is 0.0755. The van der Waals surface area contributed by atoms with E-state index in [0.29, 0.717) is 28.7 Å². The average molecular weight is 433 g/mol. The highest BCUT2D eigenvalue weighted by Gasteiger charge is 2.18. The first kappa shape index (κ1) is 23.2. The second-order valence-electron chi connectivity index (χ2n) is 6.32. The standard InChI is InChI=1S/C22H25ClN2O5/c1-5-28-17-9-10-20(19(23)12-17)30-21-18(22(27)29-6-2)11-16(13-24-21)8-7-14(3)25-15(4)26/h7-14H,5-6H2,1-4H3,(H,25,26)/b8-7+/t14-/m0/s1. The van der Waals surface area contributed by atoms with Gasteiger partial charge in [0, 0.05) is 25.2 Å². The number of hydrogen-bond donors (Lipinski definition) is 1. The molecule has 0 fully saturated rings. The number of hydrogen-bond acceptors (Lipinski definition) is 6. The maximum atomic E-state index is 12.4. The molecule has 1 heterocycles. The lowest BCUT2D eigenvalue weighted by molar-refractivity contribution is -0.119. The summed E-state index contributed by atoms with van der Waals surface area (Å²) in [5.41, 5.74) is 0.816. The maximum Gasteiger partial charge on any atom is 0.343 e. The molecule has 1 N–H and O–H groups in total. The summed E-state index contributed by atoms with van der Waals surface area (Å²) >= 11 is 6.27. The van der Waals surface area contributed by atoms with Crippen molar-refractivity contribution in [3.8, 4) is 17.4 Å². The maximum absolute atomic E-state index is 12.4. The monoisotopic (exact) mass is 432 g/mol. The van der Waals surface area contributed by atoms with Gasteiger partial charge in [0.15, 0.2) is 0 Å². The van der Waals surface area contributed by atoms with Crippen LogP contribution in [-0.2, 0) is 9.53 Å². The fourth-order valence-corrected chi connectivity index (χ4v) is 2.75. The molecule has 0 saturated carbocycles. The van der Waals surface area contributed by atoms with Crippen molar-refractivity contribution in [2.75, 3.05) is 13.2 Å². The molecule has 1 amide bonds. The quantitative estimate of drug-likeness (QED) is 0.581. The number of aromatic nitrogens is 1. The molecule has 0 aliphatic rings. The number of benzene rings is 1. The van der Waals surface area contributed by atoms with Gasteiger partial charge in [-0.05, 0) is 44.5 Å². The molecule has 0 radical (unpaired) electrons. The molecule has 1 atom stereocenters. The Labute approximate surface area is 181 Å². The number of nitrogens with one attached hydrogen (secondary N) is 1. The van der Waals surface area contributed by atoms with Crippen LogP contribution in [0.5, 0.6) is 17.4 Å². The summed E-state index contributed by atoms with van der Waals surface area (Å²) in [6.07, 6.45) is 5.10. The number of nitrogens with zero attached hydrogens (tertiary/aromatic N) is 1. The topological polar surface area (TPSA) is 86.8 Å². The van der Waals surface area contributed by atoms with Gasteiger partial charge in [-0.25, -0.2) is 9.78 Å². The Morgan fingerprint density at radius 3 is 2.63 bits per heavy atom. The van der Waals surface area contributed by atoms with Gasteiger partial charge in [0.05, 0.1) is 18.2 Å². The number of amides is 1. The Balaban J connectivity index is 2.31. The zero-order valence-corrected chi connectivity index (χ0v) is 18.2. The molecule has 0 saturated heterocycles. The largest absolute Gasteiger partial charge is 0.494 e. The summed E-state index contributed by atoms with van der Waals surface area (Å²) in [5.74, 6) is 0.329. The summed E-state index contributed by atoms with van der Waals surface area (Å²) in [6, 6.07) is 6.43. The van der Waals surface area contributed by atoms with Crippen LogP contribution in [0.1, 0.15) is 43.6 Å². The van der Waals surface area contributed by atoms with E-state index in [-0.39, 0.29) is 30.0 Å². The molecule has 8 heteroatoms. The van der Waals surface area contributed by atoms with Gasteiger partial charge in [-0.1, -0.05) is 23.8 Å². The predicted octanol–water partition coefficient (Wildman–Crippen LogP) is 4.64. The molecule has 160 valence electrons. The normalized spacial score (nSPS) is 11.8. The Morgan fingerprint density at radius 1 is 1.23 bits per heavy atom. The third-order valence-electron chi connectivity index (χ3n) is 3.80. The fraction of sp³-hybridized carbons (Fsp3) is 0.318. The van der Waals surface area contributed by atoms with Crippen LogP contribution in [0.4, 0.5) is 0 Å². The van der Waals surface area contributed by atoms with Gasteiger partial charge in [0.1, 0.15) is 17.1 Å². The van der Waals surface area contributed by atoms with E-state index < -0.39 is 5.97 Å². The number of pyridine rings is 1. The number of ether oxygens (including phenoxy) is 3. The highest BCUT2D eigenvalue weighted by molar-refractivity contribution is 6.32. The number of carbonyl (C=O) groups is 2. The molecular formula is C22H25ClN2O5. The van der Waals surface area contributed by atoms with E-state index in [1.54, 1.807) is 49.5 Å². The van der Waals surface area contributed by atoms with Crippen LogP contribution in [0.15, 0.2) is 36.5 Å². The van der Waals surface area contributed by atoms with E-state index in [0.717, 1.165) is 0 Å². The first-order chi connectivity index (χ1) is 14.3. The minimum Gasteiger partial charge on any atom is -0.494 e. The van der Waals surface area contributed by atoms with Crippen molar-refractivity contribution in [2.45, 2.75) is 33.7 Å². The average Bonchev–Trinajstić information content (AvgIpc) is 2.69. The van der Waals surface area contributed by atoms with Crippen LogP contribution in [0.3, 0.4) is 0 Å². The van der Waals surface area contributed by atoms with E-state index in [4.69, 9.17) is 25.8 Å². The highest BCUT2D eigenvalue weighted by atomic mass is 35.5. The lowest BCUT2D eigenvalue weighted by Crippen LogP contribution is -2.28. The number of esters is 1. The first-order valence-electron chi connectivity index (χ1n) is 9.56. The number of carbonyl (C=O) groups excluding carboxylic acids is 2. The van der Waals surface area contributed by atoms with Gasteiger partial charge < -0.3 is 19.5 Å². The zero-order valence-electron chi connectivity index (χ0n) is 17.4. The molecule has 0 aliphatic carbocycles. The van der Waals surface area contributed by atoms with Crippen molar-refractivity contribution in [1.29, 1.82) is 0 Å². The SMILES string of the molecule is CCOC(=O)c1cc(/C=C/[C@H](C)NC(C)=O)cnc1Oc1ccc(OCC)cc1Cl. The molecule has 0 bridgehead atoms. The van der Waals surface area contributed by atoms with Crippen molar-refractivity contribution in [2.24, 2.45) is 0 Å². The third kappa shape index (κ3) is 6.77.